The van der Waals surface area contributed by atoms with Gasteiger partial charge in [-0.2, -0.15) is 0 Å². The first kappa shape index (κ1) is 77.0. The molecule has 5 N–H and O–H groups in total. The number of aliphatic hydroxyl groups is 4. The molecule has 0 saturated carbocycles. The zero-order chi connectivity index (χ0) is 56.6. The maximum atomic E-state index is 12.7. The van der Waals surface area contributed by atoms with Crippen LogP contribution < -0.4 is 5.32 Å². The highest BCUT2D eigenvalue weighted by molar-refractivity contribution is 5.80. The smallest absolute Gasteiger partial charge is 0.249 e. The summed E-state index contributed by atoms with van der Waals surface area (Å²) in [6.45, 7) is 4.12. The maximum Gasteiger partial charge on any atom is 0.249 e. The summed E-state index contributed by atoms with van der Waals surface area (Å²) in [4.78, 5) is 12.7. The molecule has 0 saturated heterocycles. The van der Waals surface area contributed by atoms with Crippen LogP contribution >= 0.6 is 0 Å². The van der Waals surface area contributed by atoms with Gasteiger partial charge in [0.15, 0.2) is 0 Å². The second kappa shape index (κ2) is 66.8. The number of carbonyl (C=O) groups is 1. The van der Waals surface area contributed by atoms with E-state index < -0.39 is 36.9 Å². The van der Waals surface area contributed by atoms with E-state index >= 15 is 0 Å². The van der Waals surface area contributed by atoms with Crippen molar-refractivity contribution in [2.24, 2.45) is 0 Å². The molecule has 0 rings (SSSR count). The first-order valence-corrected chi connectivity index (χ1v) is 36.1. The van der Waals surface area contributed by atoms with E-state index in [0.717, 1.165) is 38.5 Å². The fourth-order valence-corrected chi connectivity index (χ4v) is 11.9. The minimum absolute atomic E-state index is 0.374. The molecule has 6 nitrogen and oxygen atoms in total. The third kappa shape index (κ3) is 59.7. The molecule has 0 aliphatic rings. The molecule has 78 heavy (non-hydrogen) atoms. The number of hydrogen-bond donors (Lipinski definition) is 5. The lowest BCUT2D eigenvalue weighted by atomic mass is 9.99. The normalized spacial score (nSPS) is 13.5. The molecule has 0 heterocycles. The standard InChI is InChI=1S/C72H143NO5/c1-3-5-7-9-11-13-15-17-19-21-23-25-27-29-31-33-35-37-39-41-43-45-47-49-51-53-55-57-59-61-63-65-69(75)71(77)68(67-74)73-72(78)70(76)66-64-62-60-58-56-54-52-50-48-46-44-42-40-38-36-34-32-30-28-26-24-22-20-18-16-14-12-10-8-6-4-2/h30,32,68-71,74-77H,3-29,31,33-67H2,1-2H3,(H,73,78)/b32-30-. The van der Waals surface area contributed by atoms with E-state index in [0.29, 0.717) is 12.8 Å². The summed E-state index contributed by atoms with van der Waals surface area (Å²) in [5.74, 6) is -0.575. The van der Waals surface area contributed by atoms with E-state index in [1.165, 1.54) is 347 Å². The summed E-state index contributed by atoms with van der Waals surface area (Å²) in [5, 5.41) is 44.3. The van der Waals surface area contributed by atoms with Crippen LogP contribution in [0.5, 0.6) is 0 Å². The summed E-state index contributed by atoms with van der Waals surface area (Å²) >= 11 is 0. The summed E-state index contributed by atoms with van der Waals surface area (Å²) < 4.78 is 0. The van der Waals surface area contributed by atoms with Crippen LogP contribution in [0, 0.1) is 0 Å². The second-order valence-electron chi connectivity index (χ2n) is 25.3. The number of nitrogens with one attached hydrogen (secondary N) is 1. The second-order valence-corrected chi connectivity index (χ2v) is 25.3. The Bertz CT molecular complexity index is 1150. The van der Waals surface area contributed by atoms with E-state index in [4.69, 9.17) is 0 Å². The average Bonchev–Trinajstić information content (AvgIpc) is 3.44. The number of aliphatic hydroxyl groups excluding tert-OH is 4. The third-order valence-corrected chi connectivity index (χ3v) is 17.5. The molecule has 4 atom stereocenters. The van der Waals surface area contributed by atoms with Gasteiger partial charge in [-0.25, -0.2) is 0 Å². The predicted octanol–water partition coefficient (Wildman–Crippen LogP) is 22.3. The van der Waals surface area contributed by atoms with Crippen molar-refractivity contribution in [2.75, 3.05) is 6.61 Å². The monoisotopic (exact) mass is 1100 g/mol. The van der Waals surface area contributed by atoms with Crippen molar-refractivity contribution >= 4 is 5.91 Å². The van der Waals surface area contributed by atoms with Gasteiger partial charge in [0.1, 0.15) is 12.2 Å². The molecular formula is C72H143NO5. The van der Waals surface area contributed by atoms with Gasteiger partial charge in [-0.3, -0.25) is 4.79 Å². The van der Waals surface area contributed by atoms with E-state index in [2.05, 4.69) is 31.3 Å². The maximum absolute atomic E-state index is 12.7. The van der Waals surface area contributed by atoms with E-state index in [1.807, 2.05) is 0 Å². The lowest BCUT2D eigenvalue weighted by Gasteiger charge is -2.27. The molecule has 0 bridgehead atoms. The van der Waals surface area contributed by atoms with Crippen molar-refractivity contribution < 1.29 is 25.2 Å². The average molecular weight is 1100 g/mol. The van der Waals surface area contributed by atoms with Crippen molar-refractivity contribution in [1.29, 1.82) is 0 Å². The van der Waals surface area contributed by atoms with Crippen LogP contribution in [0.15, 0.2) is 12.2 Å². The van der Waals surface area contributed by atoms with Crippen molar-refractivity contribution in [2.45, 2.75) is 436 Å². The number of rotatable bonds is 68. The minimum atomic E-state index is -1.26. The Morgan fingerprint density at radius 1 is 0.308 bits per heavy atom. The molecule has 4 unspecified atom stereocenters. The third-order valence-electron chi connectivity index (χ3n) is 17.5. The Morgan fingerprint density at radius 3 is 0.744 bits per heavy atom. The van der Waals surface area contributed by atoms with Gasteiger partial charge in [0.2, 0.25) is 5.91 Å². The van der Waals surface area contributed by atoms with E-state index in [9.17, 15) is 25.2 Å². The number of allylic oxidation sites excluding steroid dienone is 2. The Labute approximate surface area is 489 Å². The molecule has 0 aliphatic carbocycles. The topological polar surface area (TPSA) is 110 Å². The first-order valence-electron chi connectivity index (χ1n) is 36.1. The van der Waals surface area contributed by atoms with Crippen LogP contribution in [-0.2, 0) is 4.79 Å². The molecular weight excluding hydrogens is 959 g/mol. The van der Waals surface area contributed by atoms with Crippen LogP contribution in [0.3, 0.4) is 0 Å². The van der Waals surface area contributed by atoms with Gasteiger partial charge in [0.25, 0.3) is 0 Å². The fourth-order valence-electron chi connectivity index (χ4n) is 11.9. The van der Waals surface area contributed by atoms with Gasteiger partial charge in [-0.05, 0) is 38.5 Å². The predicted molar refractivity (Wildman–Crippen MR) is 344 cm³/mol. The van der Waals surface area contributed by atoms with Gasteiger partial charge in [0, 0.05) is 0 Å². The zero-order valence-electron chi connectivity index (χ0n) is 53.2. The Balaban J connectivity index is 3.51. The molecule has 0 aromatic rings. The SMILES string of the molecule is CCCCCCCCCCCCCC/C=C\CCCCCCCCCCCCCCCCCC(O)C(=O)NC(CO)C(O)C(O)CCCCCCCCCCCCCCCCCCCCCCCCCCCCCCCCC. The first-order chi connectivity index (χ1) is 38.5. The molecule has 0 fully saturated rings. The molecule has 6 heteroatoms. The molecule has 0 radical (unpaired) electrons. The van der Waals surface area contributed by atoms with Crippen molar-refractivity contribution in [1.82, 2.24) is 5.32 Å². The molecule has 466 valence electrons. The summed E-state index contributed by atoms with van der Waals surface area (Å²) in [6.07, 6.45) is 83.5. The number of hydrogen-bond acceptors (Lipinski definition) is 5. The number of amides is 1. The molecule has 0 aliphatic heterocycles. The minimum Gasteiger partial charge on any atom is -0.394 e. The summed E-state index contributed by atoms with van der Waals surface area (Å²) in [6, 6.07) is -0.984. The van der Waals surface area contributed by atoms with Crippen LogP contribution in [0.2, 0.25) is 0 Å². The zero-order valence-corrected chi connectivity index (χ0v) is 53.2. The highest BCUT2D eigenvalue weighted by Gasteiger charge is 2.28. The molecule has 1 amide bonds. The van der Waals surface area contributed by atoms with Gasteiger partial charge in [-0.1, -0.05) is 386 Å². The molecule has 0 aromatic heterocycles. The molecule has 0 aromatic carbocycles. The van der Waals surface area contributed by atoms with E-state index in [1.54, 1.807) is 0 Å². The van der Waals surface area contributed by atoms with Gasteiger partial charge in [-0.15, -0.1) is 0 Å². The van der Waals surface area contributed by atoms with Crippen LogP contribution in [0.25, 0.3) is 0 Å². The summed E-state index contributed by atoms with van der Waals surface area (Å²) in [7, 11) is 0. The van der Waals surface area contributed by atoms with Crippen LogP contribution in [0.1, 0.15) is 412 Å². The number of unbranched alkanes of at least 4 members (excludes halogenated alkanes) is 57. The van der Waals surface area contributed by atoms with Gasteiger partial charge >= 0.3 is 0 Å². The Morgan fingerprint density at radius 2 is 0.513 bits per heavy atom. The quantitative estimate of drug-likeness (QED) is 0.0308. The fraction of sp³-hybridized carbons (Fsp3) is 0.958. The van der Waals surface area contributed by atoms with Crippen molar-refractivity contribution in [3.05, 3.63) is 12.2 Å². The molecule has 0 spiro atoms. The van der Waals surface area contributed by atoms with Gasteiger partial charge in [0.05, 0.1) is 18.8 Å². The number of carbonyl (C=O) groups excluding carboxylic acids is 1. The lowest BCUT2D eigenvalue weighted by molar-refractivity contribution is -0.132. The Kier molecular flexibility index (Phi) is 66.0. The highest BCUT2D eigenvalue weighted by atomic mass is 16.3. The van der Waals surface area contributed by atoms with E-state index in [-0.39, 0.29) is 0 Å². The highest BCUT2D eigenvalue weighted by Crippen LogP contribution is 2.20. The van der Waals surface area contributed by atoms with Crippen molar-refractivity contribution in [3.8, 4) is 0 Å². The Hall–Kier alpha value is -0.950. The summed E-state index contributed by atoms with van der Waals surface area (Å²) in [5.41, 5.74) is 0. The largest absolute Gasteiger partial charge is 0.394 e. The van der Waals surface area contributed by atoms with Crippen LogP contribution in [0.4, 0.5) is 0 Å². The van der Waals surface area contributed by atoms with Crippen molar-refractivity contribution in [3.63, 3.8) is 0 Å². The lowest BCUT2D eigenvalue weighted by Crippen LogP contribution is -2.53. The van der Waals surface area contributed by atoms with Crippen LogP contribution in [-0.4, -0.2) is 57.3 Å². The van der Waals surface area contributed by atoms with Gasteiger partial charge < -0.3 is 25.7 Å².